The predicted molar refractivity (Wildman–Crippen MR) is 89.6 cm³/mol. The second-order valence-corrected chi connectivity index (χ2v) is 6.49. The molecule has 2 aromatic carbocycles. The number of Topliss-reactive ketones (excluding diaryl/α,β-unsaturated/α-hetero) is 1. The van der Waals surface area contributed by atoms with E-state index >= 15 is 0 Å². The van der Waals surface area contributed by atoms with Crippen LogP contribution in [0.25, 0.3) is 0 Å². The predicted octanol–water partition coefficient (Wildman–Crippen LogP) is 4.29. The second kappa shape index (κ2) is 6.81. The van der Waals surface area contributed by atoms with Gasteiger partial charge in [0.2, 0.25) is 0 Å². The molecule has 3 atom stereocenters. The topological polar surface area (TPSA) is 43.1 Å². The molecule has 0 radical (unpaired) electrons. The van der Waals surface area contributed by atoms with Crippen LogP contribution in [0.2, 0.25) is 0 Å². The number of rotatable bonds is 5. The van der Waals surface area contributed by atoms with Crippen molar-refractivity contribution in [2.24, 2.45) is 11.7 Å². The van der Waals surface area contributed by atoms with Gasteiger partial charge in [-0.05, 0) is 41.5 Å². The van der Waals surface area contributed by atoms with Gasteiger partial charge in [-0.2, -0.15) is 0 Å². The number of ketones is 1. The van der Waals surface area contributed by atoms with Crippen LogP contribution >= 0.6 is 0 Å². The van der Waals surface area contributed by atoms with Gasteiger partial charge in [0.1, 0.15) is 17.4 Å². The Morgan fingerprint density at radius 3 is 2.67 bits per heavy atom. The highest BCUT2D eigenvalue weighted by Crippen LogP contribution is 2.38. The number of carbonyl (C=O) groups is 1. The van der Waals surface area contributed by atoms with E-state index in [9.17, 15) is 13.6 Å². The Morgan fingerprint density at radius 2 is 2.00 bits per heavy atom. The lowest BCUT2D eigenvalue weighted by atomic mass is 9.85. The molecule has 0 saturated carbocycles. The van der Waals surface area contributed by atoms with Gasteiger partial charge in [-0.15, -0.1) is 0 Å². The summed E-state index contributed by atoms with van der Waals surface area (Å²) < 4.78 is 27.1. The molecule has 0 spiro atoms. The number of fused-ring (bicyclic) bond motifs is 1. The molecule has 4 heteroatoms. The highest BCUT2D eigenvalue weighted by Gasteiger charge is 2.33. The molecule has 2 aromatic rings. The lowest BCUT2D eigenvalue weighted by Gasteiger charge is -2.20. The molecule has 0 saturated heterocycles. The summed E-state index contributed by atoms with van der Waals surface area (Å²) in [6.45, 7) is 1.84. The van der Waals surface area contributed by atoms with E-state index in [1.54, 1.807) is 0 Å². The normalized spacial score (nSPS) is 20.7. The van der Waals surface area contributed by atoms with Crippen LogP contribution in [-0.2, 0) is 11.2 Å². The summed E-state index contributed by atoms with van der Waals surface area (Å²) in [6, 6.07) is 11.2. The van der Waals surface area contributed by atoms with Crippen LogP contribution in [0.5, 0.6) is 0 Å². The molecule has 1 aliphatic carbocycles. The first-order valence-corrected chi connectivity index (χ1v) is 8.32. The molecule has 0 aromatic heterocycles. The number of benzene rings is 2. The van der Waals surface area contributed by atoms with E-state index in [-0.39, 0.29) is 23.3 Å². The highest BCUT2D eigenvalue weighted by atomic mass is 19.1. The Balaban J connectivity index is 1.76. The van der Waals surface area contributed by atoms with Crippen LogP contribution in [0.1, 0.15) is 48.4 Å². The van der Waals surface area contributed by atoms with E-state index < -0.39 is 17.6 Å². The standard InChI is InChI=1S/C20H21F2NO/c1-2-15(17-8-7-14(21)11-18(17)22)19(24)10-13-9-12-5-3-4-6-16(12)20(13)23/h3-8,11,13,15,20H,2,9-10,23H2,1H3/t13-,15?,20-/m0/s1. The Labute approximate surface area is 140 Å². The van der Waals surface area contributed by atoms with Crippen LogP contribution < -0.4 is 5.73 Å². The van der Waals surface area contributed by atoms with Gasteiger partial charge in [0.15, 0.2) is 0 Å². The molecule has 2 N–H and O–H groups in total. The molecule has 2 nitrogen and oxygen atoms in total. The summed E-state index contributed by atoms with van der Waals surface area (Å²) in [5, 5.41) is 0. The lowest BCUT2D eigenvalue weighted by molar-refractivity contribution is -0.121. The number of nitrogens with two attached hydrogens (primary N) is 1. The van der Waals surface area contributed by atoms with E-state index in [0.29, 0.717) is 12.8 Å². The van der Waals surface area contributed by atoms with Crippen molar-refractivity contribution in [1.82, 2.24) is 0 Å². The Bertz CT molecular complexity index is 759. The van der Waals surface area contributed by atoms with Crippen molar-refractivity contribution in [1.29, 1.82) is 0 Å². The molecule has 0 heterocycles. The smallest absolute Gasteiger partial charge is 0.140 e. The van der Waals surface area contributed by atoms with Crippen LogP contribution in [0.3, 0.4) is 0 Å². The third-order valence-corrected chi connectivity index (χ3v) is 5.00. The Kier molecular flexibility index (Phi) is 4.76. The minimum atomic E-state index is -0.658. The molecule has 0 fully saturated rings. The fraction of sp³-hybridized carbons (Fsp3) is 0.350. The van der Waals surface area contributed by atoms with Crippen molar-refractivity contribution < 1.29 is 13.6 Å². The Morgan fingerprint density at radius 1 is 1.25 bits per heavy atom. The van der Waals surface area contributed by atoms with Crippen LogP contribution in [0, 0.1) is 17.6 Å². The average Bonchev–Trinajstić information content (AvgIpc) is 2.87. The van der Waals surface area contributed by atoms with Crippen molar-refractivity contribution in [2.45, 2.75) is 38.1 Å². The molecule has 0 bridgehead atoms. The SMILES string of the molecule is CCC(C(=O)C[C@@H]1Cc2ccccc2[C@H]1N)c1ccc(F)cc1F. The maximum Gasteiger partial charge on any atom is 0.140 e. The zero-order valence-electron chi connectivity index (χ0n) is 13.6. The third-order valence-electron chi connectivity index (χ3n) is 5.00. The summed E-state index contributed by atoms with van der Waals surface area (Å²) >= 11 is 0. The molecule has 1 aliphatic rings. The van der Waals surface area contributed by atoms with Gasteiger partial charge >= 0.3 is 0 Å². The monoisotopic (exact) mass is 329 g/mol. The highest BCUT2D eigenvalue weighted by molar-refractivity contribution is 5.86. The number of hydrogen-bond acceptors (Lipinski definition) is 2. The Hall–Kier alpha value is -2.07. The van der Waals surface area contributed by atoms with Crippen molar-refractivity contribution in [3.05, 3.63) is 70.8 Å². The molecule has 1 unspecified atom stereocenters. The number of halogens is 2. The van der Waals surface area contributed by atoms with E-state index in [1.807, 2.05) is 31.2 Å². The van der Waals surface area contributed by atoms with E-state index in [4.69, 9.17) is 5.73 Å². The summed E-state index contributed by atoms with van der Waals surface area (Å²) in [4.78, 5) is 12.7. The van der Waals surface area contributed by atoms with Crippen molar-refractivity contribution in [3.63, 3.8) is 0 Å². The zero-order chi connectivity index (χ0) is 17.3. The summed E-state index contributed by atoms with van der Waals surface area (Å²) in [7, 11) is 0. The molecule has 3 rings (SSSR count). The lowest BCUT2D eigenvalue weighted by Crippen LogP contribution is -2.23. The van der Waals surface area contributed by atoms with E-state index in [0.717, 1.165) is 18.1 Å². The van der Waals surface area contributed by atoms with E-state index in [1.165, 1.54) is 17.7 Å². The number of carbonyl (C=O) groups excluding carboxylic acids is 1. The van der Waals surface area contributed by atoms with Crippen molar-refractivity contribution in [2.75, 3.05) is 0 Å². The van der Waals surface area contributed by atoms with Gasteiger partial charge in [-0.25, -0.2) is 8.78 Å². The van der Waals surface area contributed by atoms with Crippen molar-refractivity contribution in [3.8, 4) is 0 Å². The fourth-order valence-corrected chi connectivity index (χ4v) is 3.71. The number of hydrogen-bond donors (Lipinski definition) is 1. The summed E-state index contributed by atoms with van der Waals surface area (Å²) in [5.41, 5.74) is 8.84. The molecule has 126 valence electrons. The van der Waals surface area contributed by atoms with Crippen molar-refractivity contribution >= 4 is 5.78 Å². The van der Waals surface area contributed by atoms with Gasteiger partial charge in [0.25, 0.3) is 0 Å². The molecular formula is C20H21F2NO. The molecule has 0 amide bonds. The first-order chi connectivity index (χ1) is 11.5. The summed E-state index contributed by atoms with van der Waals surface area (Å²) in [6.07, 6.45) is 1.56. The van der Waals surface area contributed by atoms with E-state index in [2.05, 4.69) is 0 Å². The zero-order valence-corrected chi connectivity index (χ0v) is 13.6. The minimum absolute atomic E-state index is 0.0312. The van der Waals surface area contributed by atoms with Gasteiger partial charge in [0.05, 0.1) is 0 Å². The van der Waals surface area contributed by atoms with Crippen LogP contribution in [0.4, 0.5) is 8.78 Å². The van der Waals surface area contributed by atoms with Gasteiger partial charge < -0.3 is 5.73 Å². The van der Waals surface area contributed by atoms with Crippen LogP contribution in [0.15, 0.2) is 42.5 Å². The maximum absolute atomic E-state index is 14.0. The van der Waals surface area contributed by atoms with Gasteiger partial charge in [-0.1, -0.05) is 37.3 Å². The molecule has 0 aliphatic heterocycles. The second-order valence-electron chi connectivity index (χ2n) is 6.49. The molecular weight excluding hydrogens is 308 g/mol. The average molecular weight is 329 g/mol. The van der Waals surface area contributed by atoms with Gasteiger partial charge in [-0.3, -0.25) is 4.79 Å². The third kappa shape index (κ3) is 3.11. The fourth-order valence-electron chi connectivity index (χ4n) is 3.71. The quantitative estimate of drug-likeness (QED) is 0.889. The maximum atomic E-state index is 14.0. The van der Waals surface area contributed by atoms with Gasteiger partial charge in [0, 0.05) is 24.4 Å². The summed E-state index contributed by atoms with van der Waals surface area (Å²) in [5.74, 6) is -1.84. The van der Waals surface area contributed by atoms with Crippen LogP contribution in [-0.4, -0.2) is 5.78 Å². The largest absolute Gasteiger partial charge is 0.324 e. The minimum Gasteiger partial charge on any atom is -0.324 e. The molecule has 24 heavy (non-hydrogen) atoms. The first-order valence-electron chi connectivity index (χ1n) is 8.32. The first kappa shape index (κ1) is 16.8.